The number of carbonyl (C=O) groups excluding carboxylic acids is 3. The van der Waals surface area contributed by atoms with Crippen LogP contribution < -0.4 is 16.0 Å². The maximum absolute atomic E-state index is 12.5. The highest BCUT2D eigenvalue weighted by Gasteiger charge is 2.19. The molecule has 1 aliphatic heterocycles. The predicted molar refractivity (Wildman–Crippen MR) is 119 cm³/mol. The van der Waals surface area contributed by atoms with Crippen molar-refractivity contribution in [1.29, 1.82) is 0 Å². The number of rotatable bonds is 7. The van der Waals surface area contributed by atoms with Crippen molar-refractivity contribution in [3.05, 3.63) is 54.1 Å². The molecule has 7 heteroatoms. The lowest BCUT2D eigenvalue weighted by molar-refractivity contribution is -0.119. The van der Waals surface area contributed by atoms with Gasteiger partial charge in [-0.1, -0.05) is 19.9 Å². The van der Waals surface area contributed by atoms with E-state index in [0.717, 1.165) is 31.6 Å². The maximum atomic E-state index is 12.5. The first-order chi connectivity index (χ1) is 14.4. The fourth-order valence-corrected chi connectivity index (χ4v) is 3.18. The summed E-state index contributed by atoms with van der Waals surface area (Å²) >= 11 is 0. The number of hydrogen-bond acceptors (Lipinski definition) is 4. The molecule has 3 rings (SSSR count). The van der Waals surface area contributed by atoms with Gasteiger partial charge in [0.2, 0.25) is 11.8 Å². The van der Waals surface area contributed by atoms with Crippen LogP contribution in [0.2, 0.25) is 0 Å². The summed E-state index contributed by atoms with van der Waals surface area (Å²) in [4.78, 5) is 38.3. The molecule has 0 atom stereocenters. The molecule has 2 aromatic carbocycles. The lowest BCUT2D eigenvalue weighted by Gasteiger charge is -2.16. The SMILES string of the molecule is CC(C)C(=O)Nc1ccc(NC(=O)CNc2cccc(C(=O)N3CCCC3)c2)cc1. The zero-order chi connectivity index (χ0) is 21.5. The van der Waals surface area contributed by atoms with Crippen molar-refractivity contribution in [3.8, 4) is 0 Å². The van der Waals surface area contributed by atoms with E-state index in [4.69, 9.17) is 0 Å². The second kappa shape index (κ2) is 9.91. The third kappa shape index (κ3) is 5.83. The smallest absolute Gasteiger partial charge is 0.253 e. The van der Waals surface area contributed by atoms with E-state index in [9.17, 15) is 14.4 Å². The maximum Gasteiger partial charge on any atom is 0.253 e. The molecule has 1 fully saturated rings. The zero-order valence-corrected chi connectivity index (χ0v) is 17.4. The standard InChI is InChI=1S/C23H28N4O3/c1-16(2)22(29)26-19-10-8-18(9-11-19)25-21(28)15-24-20-7-5-6-17(14-20)23(30)27-12-3-4-13-27/h5-11,14,16,24H,3-4,12-13,15H2,1-2H3,(H,25,28)(H,26,29). The van der Waals surface area contributed by atoms with Gasteiger partial charge in [0.05, 0.1) is 6.54 Å². The topological polar surface area (TPSA) is 90.5 Å². The second-order valence-corrected chi connectivity index (χ2v) is 7.70. The number of carbonyl (C=O) groups is 3. The van der Waals surface area contributed by atoms with Gasteiger partial charge in [0.1, 0.15) is 0 Å². The lowest BCUT2D eigenvalue weighted by Crippen LogP contribution is -2.27. The molecule has 158 valence electrons. The van der Waals surface area contributed by atoms with E-state index in [2.05, 4.69) is 16.0 Å². The molecule has 1 aliphatic rings. The van der Waals surface area contributed by atoms with E-state index in [1.165, 1.54) is 0 Å². The second-order valence-electron chi connectivity index (χ2n) is 7.70. The van der Waals surface area contributed by atoms with Crippen molar-refractivity contribution in [2.75, 3.05) is 35.6 Å². The molecule has 0 saturated carbocycles. The van der Waals surface area contributed by atoms with Gasteiger partial charge in [-0.25, -0.2) is 0 Å². The molecule has 3 N–H and O–H groups in total. The Bertz CT molecular complexity index is 903. The minimum atomic E-state index is -0.203. The highest BCUT2D eigenvalue weighted by atomic mass is 16.2. The van der Waals surface area contributed by atoms with Crippen LogP contribution in [0.1, 0.15) is 37.0 Å². The summed E-state index contributed by atoms with van der Waals surface area (Å²) < 4.78 is 0. The summed E-state index contributed by atoms with van der Waals surface area (Å²) in [5.41, 5.74) is 2.68. The van der Waals surface area contributed by atoms with Gasteiger partial charge in [-0.3, -0.25) is 14.4 Å². The Morgan fingerprint density at radius 1 is 0.900 bits per heavy atom. The summed E-state index contributed by atoms with van der Waals surface area (Å²) in [6.07, 6.45) is 2.10. The quantitative estimate of drug-likeness (QED) is 0.653. The van der Waals surface area contributed by atoms with Crippen LogP contribution in [0.5, 0.6) is 0 Å². The van der Waals surface area contributed by atoms with Gasteiger partial charge >= 0.3 is 0 Å². The molecule has 0 aromatic heterocycles. The van der Waals surface area contributed by atoms with Gasteiger partial charge in [-0.2, -0.15) is 0 Å². The number of nitrogens with zero attached hydrogens (tertiary/aromatic N) is 1. The first kappa shape index (κ1) is 21.4. The molecule has 30 heavy (non-hydrogen) atoms. The highest BCUT2D eigenvalue weighted by Crippen LogP contribution is 2.17. The Balaban J connectivity index is 1.50. The first-order valence-electron chi connectivity index (χ1n) is 10.3. The molecular formula is C23H28N4O3. The molecule has 0 radical (unpaired) electrons. The fraction of sp³-hybridized carbons (Fsp3) is 0.348. The third-order valence-electron chi connectivity index (χ3n) is 4.92. The predicted octanol–water partition coefficient (Wildman–Crippen LogP) is 3.57. The van der Waals surface area contributed by atoms with Gasteiger partial charge in [0, 0.05) is 41.6 Å². The van der Waals surface area contributed by atoms with Crippen LogP contribution in [0.15, 0.2) is 48.5 Å². The largest absolute Gasteiger partial charge is 0.376 e. The molecular weight excluding hydrogens is 380 g/mol. The number of nitrogens with one attached hydrogen (secondary N) is 3. The van der Waals surface area contributed by atoms with Gasteiger partial charge in [0.15, 0.2) is 0 Å². The molecule has 2 aromatic rings. The Morgan fingerprint density at radius 3 is 2.17 bits per heavy atom. The average molecular weight is 409 g/mol. The lowest BCUT2D eigenvalue weighted by atomic mass is 10.1. The Labute approximate surface area is 176 Å². The highest BCUT2D eigenvalue weighted by molar-refractivity contribution is 5.97. The number of benzene rings is 2. The molecule has 3 amide bonds. The summed E-state index contributed by atoms with van der Waals surface area (Å²) in [5, 5.41) is 8.68. The van der Waals surface area contributed by atoms with Gasteiger partial charge in [-0.15, -0.1) is 0 Å². The van der Waals surface area contributed by atoms with Gasteiger partial charge in [0.25, 0.3) is 5.91 Å². The van der Waals surface area contributed by atoms with Crippen molar-refractivity contribution in [1.82, 2.24) is 4.90 Å². The van der Waals surface area contributed by atoms with Crippen molar-refractivity contribution >= 4 is 34.8 Å². The summed E-state index contributed by atoms with van der Waals surface area (Å²) in [6, 6.07) is 14.2. The Kier molecular flexibility index (Phi) is 7.06. The van der Waals surface area contributed by atoms with Crippen molar-refractivity contribution in [2.45, 2.75) is 26.7 Å². The molecule has 7 nitrogen and oxygen atoms in total. The Hall–Kier alpha value is -3.35. The van der Waals surface area contributed by atoms with Crippen LogP contribution in [0.25, 0.3) is 0 Å². The molecule has 1 saturated heterocycles. The molecule has 0 bridgehead atoms. The Morgan fingerprint density at radius 2 is 1.53 bits per heavy atom. The van der Waals surface area contributed by atoms with Crippen LogP contribution in [0, 0.1) is 5.92 Å². The van der Waals surface area contributed by atoms with Gasteiger partial charge < -0.3 is 20.9 Å². The monoisotopic (exact) mass is 408 g/mol. The van der Waals surface area contributed by atoms with Crippen molar-refractivity contribution in [3.63, 3.8) is 0 Å². The van der Waals surface area contributed by atoms with Crippen molar-refractivity contribution in [2.24, 2.45) is 5.92 Å². The molecule has 0 aliphatic carbocycles. The van der Waals surface area contributed by atoms with Crippen LogP contribution in [0.3, 0.4) is 0 Å². The summed E-state index contributed by atoms with van der Waals surface area (Å²) in [7, 11) is 0. The minimum absolute atomic E-state index is 0.0326. The minimum Gasteiger partial charge on any atom is -0.376 e. The van der Waals surface area contributed by atoms with E-state index in [0.29, 0.717) is 16.9 Å². The number of likely N-dealkylation sites (tertiary alicyclic amines) is 1. The van der Waals surface area contributed by atoms with Crippen LogP contribution >= 0.6 is 0 Å². The van der Waals surface area contributed by atoms with Gasteiger partial charge in [-0.05, 0) is 55.3 Å². The molecule has 0 spiro atoms. The molecule has 0 unspecified atom stereocenters. The molecule has 1 heterocycles. The summed E-state index contributed by atoms with van der Waals surface area (Å²) in [5.74, 6) is -0.323. The average Bonchev–Trinajstić information content (AvgIpc) is 3.28. The van der Waals surface area contributed by atoms with Crippen LogP contribution in [-0.2, 0) is 9.59 Å². The third-order valence-corrected chi connectivity index (χ3v) is 4.92. The van der Waals surface area contributed by atoms with Crippen LogP contribution in [0.4, 0.5) is 17.1 Å². The van der Waals surface area contributed by atoms with E-state index < -0.39 is 0 Å². The van der Waals surface area contributed by atoms with E-state index in [1.54, 1.807) is 36.4 Å². The number of hydrogen-bond donors (Lipinski definition) is 3. The normalized spacial score (nSPS) is 13.2. The fourth-order valence-electron chi connectivity index (χ4n) is 3.18. The number of anilines is 3. The van der Waals surface area contributed by atoms with E-state index >= 15 is 0 Å². The van der Waals surface area contributed by atoms with E-state index in [-0.39, 0.29) is 30.2 Å². The zero-order valence-electron chi connectivity index (χ0n) is 17.4. The number of amides is 3. The van der Waals surface area contributed by atoms with E-state index in [1.807, 2.05) is 30.9 Å². The van der Waals surface area contributed by atoms with Crippen molar-refractivity contribution < 1.29 is 14.4 Å². The summed E-state index contributed by atoms with van der Waals surface area (Å²) in [6.45, 7) is 5.34. The van der Waals surface area contributed by atoms with Crippen LogP contribution in [-0.4, -0.2) is 42.3 Å². The first-order valence-corrected chi connectivity index (χ1v) is 10.3.